The monoisotopic (exact) mass is 410 g/mol. The van der Waals surface area contributed by atoms with E-state index in [1.807, 2.05) is 0 Å². The van der Waals surface area contributed by atoms with E-state index in [1.165, 1.54) is 37.4 Å². The predicted molar refractivity (Wildman–Crippen MR) is 109 cm³/mol. The van der Waals surface area contributed by atoms with E-state index in [2.05, 4.69) is 15.6 Å². The number of aryl methyl sites for hydroxylation is 1. The third kappa shape index (κ3) is 4.88. The Morgan fingerprint density at radius 1 is 1.13 bits per heavy atom. The van der Waals surface area contributed by atoms with E-state index in [1.54, 1.807) is 31.2 Å². The smallest absolute Gasteiger partial charge is 0.339 e. The number of para-hydroxylation sites is 1. The molecule has 0 aliphatic heterocycles. The first-order valence-electron chi connectivity index (χ1n) is 8.95. The summed E-state index contributed by atoms with van der Waals surface area (Å²) in [5, 5.41) is 5.46. The van der Waals surface area contributed by atoms with Gasteiger partial charge in [0.25, 0.3) is 5.56 Å². The van der Waals surface area contributed by atoms with Crippen LogP contribution in [0.25, 0.3) is 0 Å². The van der Waals surface area contributed by atoms with Crippen LogP contribution in [0.15, 0.2) is 59.4 Å². The van der Waals surface area contributed by atoms with Gasteiger partial charge in [0.2, 0.25) is 11.9 Å². The van der Waals surface area contributed by atoms with E-state index in [-0.39, 0.29) is 23.7 Å². The Kier molecular flexibility index (Phi) is 6.21. The Balaban J connectivity index is 1.87. The molecule has 8 nitrogen and oxygen atoms in total. The SMILES string of the molecule is COC(=O)c1ccccc1NC(=O)Cn1c(Nc2cccc(F)c2)nc(C)cc1=O. The van der Waals surface area contributed by atoms with Crippen LogP contribution >= 0.6 is 0 Å². The van der Waals surface area contributed by atoms with Crippen molar-refractivity contribution >= 4 is 29.2 Å². The van der Waals surface area contributed by atoms with Gasteiger partial charge in [-0.25, -0.2) is 14.2 Å². The highest BCUT2D eigenvalue weighted by atomic mass is 19.1. The van der Waals surface area contributed by atoms with Crippen LogP contribution in [-0.2, 0) is 16.1 Å². The van der Waals surface area contributed by atoms with Crippen molar-refractivity contribution in [2.45, 2.75) is 13.5 Å². The van der Waals surface area contributed by atoms with Gasteiger partial charge in [0.15, 0.2) is 0 Å². The van der Waals surface area contributed by atoms with Crippen molar-refractivity contribution in [3.8, 4) is 0 Å². The number of nitrogens with zero attached hydrogens (tertiary/aromatic N) is 2. The van der Waals surface area contributed by atoms with Crippen LogP contribution in [0.1, 0.15) is 16.1 Å². The van der Waals surface area contributed by atoms with Crippen LogP contribution in [-0.4, -0.2) is 28.5 Å². The molecular formula is C21H19FN4O4. The molecule has 2 N–H and O–H groups in total. The van der Waals surface area contributed by atoms with Gasteiger partial charge < -0.3 is 15.4 Å². The van der Waals surface area contributed by atoms with E-state index in [0.29, 0.717) is 11.4 Å². The second-order valence-corrected chi connectivity index (χ2v) is 6.37. The van der Waals surface area contributed by atoms with Crippen LogP contribution in [0.2, 0.25) is 0 Å². The standard InChI is InChI=1S/C21H19FN4O4/c1-13-10-19(28)26(21(23-13)24-15-7-5-6-14(22)11-15)12-18(27)25-17-9-4-3-8-16(17)20(29)30-2/h3-11H,12H2,1-2H3,(H,23,24)(H,25,27). The van der Waals surface area contributed by atoms with Gasteiger partial charge in [-0.05, 0) is 37.3 Å². The normalized spacial score (nSPS) is 10.4. The number of anilines is 3. The Hall–Kier alpha value is -4.01. The summed E-state index contributed by atoms with van der Waals surface area (Å²) in [5.41, 5.74) is 0.782. The Morgan fingerprint density at radius 3 is 2.63 bits per heavy atom. The number of ether oxygens (including phenoxy) is 1. The Bertz CT molecular complexity index is 1160. The maximum atomic E-state index is 13.5. The number of aromatic nitrogens is 2. The highest BCUT2D eigenvalue weighted by Gasteiger charge is 2.16. The van der Waals surface area contributed by atoms with E-state index < -0.39 is 23.3 Å². The molecule has 0 aliphatic carbocycles. The van der Waals surface area contributed by atoms with Gasteiger partial charge >= 0.3 is 5.97 Å². The number of carbonyl (C=O) groups is 2. The first-order chi connectivity index (χ1) is 14.4. The number of hydrogen-bond donors (Lipinski definition) is 2. The van der Waals surface area contributed by atoms with Gasteiger partial charge in [0, 0.05) is 17.4 Å². The van der Waals surface area contributed by atoms with Crippen molar-refractivity contribution in [1.29, 1.82) is 0 Å². The highest BCUT2D eigenvalue weighted by Crippen LogP contribution is 2.17. The lowest BCUT2D eigenvalue weighted by Gasteiger charge is -2.15. The third-order valence-electron chi connectivity index (χ3n) is 4.13. The van der Waals surface area contributed by atoms with E-state index in [0.717, 1.165) is 4.57 Å². The van der Waals surface area contributed by atoms with Crippen LogP contribution in [0.4, 0.5) is 21.7 Å². The second-order valence-electron chi connectivity index (χ2n) is 6.37. The number of methoxy groups -OCH3 is 1. The van der Waals surface area contributed by atoms with Crippen molar-refractivity contribution in [1.82, 2.24) is 9.55 Å². The number of amides is 1. The molecule has 1 amide bonds. The molecule has 0 bridgehead atoms. The van der Waals surface area contributed by atoms with Gasteiger partial charge in [0.05, 0.1) is 18.4 Å². The van der Waals surface area contributed by atoms with E-state index in [9.17, 15) is 18.8 Å². The summed E-state index contributed by atoms with van der Waals surface area (Å²) in [6.07, 6.45) is 0. The number of esters is 1. The molecular weight excluding hydrogens is 391 g/mol. The molecule has 0 saturated heterocycles. The maximum Gasteiger partial charge on any atom is 0.339 e. The van der Waals surface area contributed by atoms with E-state index in [4.69, 9.17) is 4.74 Å². The van der Waals surface area contributed by atoms with Crippen molar-refractivity contribution < 1.29 is 18.7 Å². The molecule has 3 rings (SSSR count). The van der Waals surface area contributed by atoms with Gasteiger partial charge in [-0.1, -0.05) is 18.2 Å². The molecule has 0 saturated carbocycles. The third-order valence-corrected chi connectivity index (χ3v) is 4.13. The highest BCUT2D eigenvalue weighted by molar-refractivity contribution is 6.01. The lowest BCUT2D eigenvalue weighted by Crippen LogP contribution is -2.30. The summed E-state index contributed by atoms with van der Waals surface area (Å²) in [4.78, 5) is 41.2. The summed E-state index contributed by atoms with van der Waals surface area (Å²) >= 11 is 0. The minimum Gasteiger partial charge on any atom is -0.465 e. The molecule has 2 aromatic carbocycles. The molecule has 154 valence electrons. The van der Waals surface area contributed by atoms with Crippen LogP contribution < -0.4 is 16.2 Å². The zero-order valence-electron chi connectivity index (χ0n) is 16.3. The maximum absolute atomic E-state index is 13.5. The zero-order valence-corrected chi connectivity index (χ0v) is 16.3. The molecule has 1 aromatic heterocycles. The number of benzene rings is 2. The van der Waals surface area contributed by atoms with Crippen LogP contribution in [0.3, 0.4) is 0 Å². The first-order valence-corrected chi connectivity index (χ1v) is 8.95. The topological polar surface area (TPSA) is 102 Å². The zero-order chi connectivity index (χ0) is 21.7. The lowest BCUT2D eigenvalue weighted by molar-refractivity contribution is -0.116. The van der Waals surface area contributed by atoms with Crippen molar-refractivity contribution in [3.63, 3.8) is 0 Å². The van der Waals surface area contributed by atoms with Crippen molar-refractivity contribution in [2.24, 2.45) is 0 Å². The van der Waals surface area contributed by atoms with Crippen molar-refractivity contribution in [2.75, 3.05) is 17.7 Å². The second kappa shape index (κ2) is 8.99. The number of rotatable bonds is 6. The molecule has 0 unspecified atom stereocenters. The molecule has 9 heteroatoms. The van der Waals surface area contributed by atoms with Crippen molar-refractivity contribution in [3.05, 3.63) is 82.0 Å². The Labute approximate surface area is 171 Å². The average Bonchev–Trinajstić information content (AvgIpc) is 2.70. The summed E-state index contributed by atoms with van der Waals surface area (Å²) in [6, 6.07) is 13.3. The van der Waals surface area contributed by atoms with Crippen LogP contribution in [0, 0.1) is 12.7 Å². The summed E-state index contributed by atoms with van der Waals surface area (Å²) < 4.78 is 19.3. The number of nitrogens with one attached hydrogen (secondary N) is 2. The average molecular weight is 410 g/mol. The number of hydrogen-bond acceptors (Lipinski definition) is 6. The fourth-order valence-corrected chi connectivity index (χ4v) is 2.78. The molecule has 1 heterocycles. The minimum atomic E-state index is -0.603. The summed E-state index contributed by atoms with van der Waals surface area (Å²) in [5.74, 6) is -1.53. The molecule has 3 aromatic rings. The largest absolute Gasteiger partial charge is 0.465 e. The lowest BCUT2D eigenvalue weighted by atomic mass is 10.2. The molecule has 0 aliphatic rings. The first kappa shape index (κ1) is 20.7. The predicted octanol–water partition coefficient (Wildman–Crippen LogP) is 2.86. The van der Waals surface area contributed by atoms with Gasteiger partial charge in [-0.15, -0.1) is 0 Å². The summed E-state index contributed by atoms with van der Waals surface area (Å²) in [6.45, 7) is 1.26. The molecule has 0 atom stereocenters. The van der Waals surface area contributed by atoms with Gasteiger partial charge in [0.1, 0.15) is 12.4 Å². The summed E-state index contributed by atoms with van der Waals surface area (Å²) in [7, 11) is 1.24. The van der Waals surface area contributed by atoms with Crippen LogP contribution in [0.5, 0.6) is 0 Å². The molecule has 0 fully saturated rings. The Morgan fingerprint density at radius 2 is 1.90 bits per heavy atom. The van der Waals surface area contributed by atoms with Gasteiger partial charge in [-0.2, -0.15) is 0 Å². The minimum absolute atomic E-state index is 0.0852. The quantitative estimate of drug-likeness (QED) is 0.606. The molecule has 30 heavy (non-hydrogen) atoms. The molecule has 0 spiro atoms. The van der Waals surface area contributed by atoms with E-state index >= 15 is 0 Å². The molecule has 0 radical (unpaired) electrons. The van der Waals surface area contributed by atoms with Gasteiger partial charge in [-0.3, -0.25) is 14.2 Å². The number of carbonyl (C=O) groups excluding carboxylic acids is 2. The number of halogens is 1. The fourth-order valence-electron chi connectivity index (χ4n) is 2.78. The fraction of sp³-hybridized carbons (Fsp3) is 0.143.